The molecule has 43 heavy (non-hydrogen) atoms. The Morgan fingerprint density at radius 1 is 1.09 bits per heavy atom. The first-order valence-corrected chi connectivity index (χ1v) is 15.9. The molecule has 1 unspecified atom stereocenters. The highest BCUT2D eigenvalue weighted by Gasteiger charge is 2.30. The van der Waals surface area contributed by atoms with Gasteiger partial charge in [-0.3, -0.25) is 14.3 Å². The summed E-state index contributed by atoms with van der Waals surface area (Å²) in [4.78, 5) is 37.6. The van der Waals surface area contributed by atoms with Crippen molar-refractivity contribution in [2.24, 2.45) is 5.41 Å². The summed E-state index contributed by atoms with van der Waals surface area (Å²) in [5, 5.41) is 0. The lowest BCUT2D eigenvalue weighted by Crippen LogP contribution is -2.46. The van der Waals surface area contributed by atoms with Crippen molar-refractivity contribution in [2.45, 2.75) is 78.2 Å². The zero-order chi connectivity index (χ0) is 31.1. The molecule has 2 heterocycles. The van der Waals surface area contributed by atoms with Crippen molar-refractivity contribution >= 4 is 28.8 Å². The fourth-order valence-electron chi connectivity index (χ4n) is 5.33. The number of carbonyl (C=O) groups is 2. The maximum atomic E-state index is 14.1. The molecule has 9 nitrogen and oxygen atoms in total. The number of esters is 1. The van der Waals surface area contributed by atoms with Crippen LogP contribution < -0.4 is 9.46 Å². The van der Waals surface area contributed by atoms with E-state index in [4.69, 9.17) is 14.5 Å². The second kappa shape index (κ2) is 14.1. The van der Waals surface area contributed by atoms with E-state index in [1.807, 2.05) is 36.9 Å². The molecule has 4 bridgehead atoms. The van der Waals surface area contributed by atoms with Crippen molar-refractivity contribution in [2.75, 3.05) is 24.5 Å². The zero-order valence-corrected chi connectivity index (χ0v) is 26.8. The fourth-order valence-corrected chi connectivity index (χ4v) is 6.14. The number of amides is 1. The van der Waals surface area contributed by atoms with Crippen molar-refractivity contribution in [1.29, 1.82) is 0 Å². The van der Waals surface area contributed by atoms with E-state index < -0.39 is 11.0 Å². The van der Waals surface area contributed by atoms with Crippen LogP contribution in [0.15, 0.2) is 53.4 Å². The Kier molecular flexibility index (Phi) is 10.6. The van der Waals surface area contributed by atoms with Gasteiger partial charge in [0.2, 0.25) is 11.8 Å². The van der Waals surface area contributed by atoms with E-state index in [1.165, 1.54) is 0 Å². The molecule has 4 rings (SSSR count). The minimum absolute atomic E-state index is 0.114. The molecule has 230 valence electrons. The number of fused-ring (bicyclic) bond motifs is 4. The molecule has 1 N–H and O–H groups in total. The van der Waals surface area contributed by atoms with Crippen molar-refractivity contribution in [3.63, 3.8) is 0 Å². The van der Waals surface area contributed by atoms with Crippen LogP contribution in [-0.2, 0) is 20.5 Å². The first-order chi connectivity index (χ1) is 20.4. The zero-order valence-electron chi connectivity index (χ0n) is 25.9. The van der Waals surface area contributed by atoms with Gasteiger partial charge in [0.15, 0.2) is 11.0 Å². The normalized spacial score (nSPS) is 17.2. The molecule has 3 aromatic rings. The van der Waals surface area contributed by atoms with Gasteiger partial charge in [-0.25, -0.2) is 9.19 Å². The van der Waals surface area contributed by atoms with Crippen LogP contribution in [0.1, 0.15) is 74.9 Å². The van der Waals surface area contributed by atoms with Crippen LogP contribution in [0.5, 0.6) is 5.88 Å². The summed E-state index contributed by atoms with van der Waals surface area (Å²) >= 11 is 0. The lowest BCUT2D eigenvalue weighted by atomic mass is 9.87. The third kappa shape index (κ3) is 8.63. The summed E-state index contributed by atoms with van der Waals surface area (Å²) < 4.78 is 27.8. The maximum Gasteiger partial charge on any atom is 0.305 e. The summed E-state index contributed by atoms with van der Waals surface area (Å²) in [7, 11) is -1.73. The highest BCUT2D eigenvalue weighted by molar-refractivity contribution is 7.86. The van der Waals surface area contributed by atoms with Crippen molar-refractivity contribution in [3.8, 4) is 17.1 Å². The quantitative estimate of drug-likeness (QED) is 0.238. The highest BCUT2D eigenvalue weighted by atomic mass is 32.2. The lowest BCUT2D eigenvalue weighted by Gasteiger charge is -2.36. The minimum atomic E-state index is -1.73. The molecule has 0 fully saturated rings. The van der Waals surface area contributed by atoms with E-state index in [0.717, 1.165) is 16.7 Å². The van der Waals surface area contributed by atoms with Gasteiger partial charge in [-0.15, -0.1) is 0 Å². The monoisotopic (exact) mass is 606 g/mol. The molecular weight excluding hydrogens is 564 g/mol. The van der Waals surface area contributed by atoms with Crippen LogP contribution in [0.3, 0.4) is 0 Å². The molecule has 2 atom stereocenters. The summed E-state index contributed by atoms with van der Waals surface area (Å²) in [6, 6.07) is 14.4. The molecule has 1 aliphatic rings. The summed E-state index contributed by atoms with van der Waals surface area (Å²) in [6.07, 6.45) is 2.17. The van der Waals surface area contributed by atoms with Gasteiger partial charge in [0, 0.05) is 30.2 Å². The Balaban J connectivity index is 1.76. The summed E-state index contributed by atoms with van der Waals surface area (Å²) in [5.74, 6) is 0.0794. The number of benzene rings is 2. The number of nitrogens with zero attached hydrogens (tertiary/aromatic N) is 3. The van der Waals surface area contributed by atoms with Crippen LogP contribution in [0, 0.1) is 19.3 Å². The molecule has 0 radical (unpaired) electrons. The minimum Gasteiger partial charge on any atom is -0.475 e. The number of ether oxygens (including phenoxy) is 2. The van der Waals surface area contributed by atoms with Gasteiger partial charge in [-0.2, -0.15) is 4.98 Å². The standard InChI is InChI=1S/C33H42N4O5S/c1-7-41-29(38)16-8-9-17-37-25(20-33(4,5)6)21-42-28-19-27(30-22(2)12-10-13-23(30)3)34-32(35-28)36-43(40)26-15-11-14-24(18-26)31(37)39/h10-15,18-19,25H,7-9,16-17,20-21H2,1-6H3,(H,34,35,36)/t25-,43?/m1/s1. The topological polar surface area (TPSA) is 111 Å². The summed E-state index contributed by atoms with van der Waals surface area (Å²) in [5.41, 5.74) is 4.03. The van der Waals surface area contributed by atoms with Gasteiger partial charge in [-0.1, -0.05) is 45.0 Å². The first-order valence-electron chi connectivity index (χ1n) is 14.8. The number of carbonyl (C=O) groups excluding carboxylic acids is 2. The van der Waals surface area contributed by atoms with E-state index in [-0.39, 0.29) is 35.9 Å². The Morgan fingerprint density at radius 3 is 2.51 bits per heavy atom. The third-order valence-corrected chi connectivity index (χ3v) is 8.28. The Bertz CT molecular complexity index is 1470. The van der Waals surface area contributed by atoms with Gasteiger partial charge < -0.3 is 14.4 Å². The second-order valence-corrected chi connectivity index (χ2v) is 13.3. The van der Waals surface area contributed by atoms with Gasteiger partial charge in [0.05, 0.1) is 23.2 Å². The SMILES string of the molecule is CCOC(=O)CCCCN1C(=O)c2cccc(c2)S(=O)Nc2nc(cc(-c3c(C)cccc3C)n2)OC[C@H]1CC(C)(C)C. The predicted octanol–water partition coefficient (Wildman–Crippen LogP) is 6.27. The lowest BCUT2D eigenvalue weighted by molar-refractivity contribution is -0.143. The van der Waals surface area contributed by atoms with Gasteiger partial charge >= 0.3 is 5.97 Å². The molecule has 0 spiro atoms. The number of nitrogens with one attached hydrogen (secondary N) is 1. The molecule has 2 aromatic carbocycles. The number of aryl methyl sites for hydroxylation is 2. The van der Waals surface area contributed by atoms with Crippen molar-refractivity contribution in [3.05, 3.63) is 65.2 Å². The van der Waals surface area contributed by atoms with E-state index in [9.17, 15) is 13.8 Å². The molecule has 10 heteroatoms. The van der Waals surface area contributed by atoms with Gasteiger partial charge in [0.25, 0.3) is 5.91 Å². The van der Waals surface area contributed by atoms with Gasteiger partial charge in [0.1, 0.15) is 6.61 Å². The van der Waals surface area contributed by atoms with Crippen molar-refractivity contribution < 1.29 is 23.3 Å². The van der Waals surface area contributed by atoms with E-state index in [0.29, 0.717) is 60.9 Å². The Morgan fingerprint density at radius 2 is 1.81 bits per heavy atom. The molecular formula is C33H42N4O5S. The number of aromatic nitrogens is 2. The highest BCUT2D eigenvalue weighted by Crippen LogP contribution is 2.31. The average Bonchev–Trinajstić information content (AvgIpc) is 2.94. The Hall–Kier alpha value is -3.79. The smallest absolute Gasteiger partial charge is 0.305 e. The van der Waals surface area contributed by atoms with E-state index in [2.05, 4.69) is 30.5 Å². The van der Waals surface area contributed by atoms with Crippen LogP contribution >= 0.6 is 0 Å². The number of rotatable bonds is 8. The predicted molar refractivity (Wildman–Crippen MR) is 168 cm³/mol. The first kappa shape index (κ1) is 32.1. The summed E-state index contributed by atoms with van der Waals surface area (Å²) in [6.45, 7) is 13.2. The maximum absolute atomic E-state index is 14.1. The average molecular weight is 607 g/mol. The van der Waals surface area contributed by atoms with E-state index in [1.54, 1.807) is 37.3 Å². The molecule has 0 aliphatic carbocycles. The second-order valence-electron chi connectivity index (χ2n) is 12.1. The molecule has 0 saturated heterocycles. The van der Waals surface area contributed by atoms with Crippen LogP contribution in [0.4, 0.5) is 5.95 Å². The Labute approximate surface area is 257 Å². The van der Waals surface area contributed by atoms with Crippen LogP contribution in [0.2, 0.25) is 0 Å². The number of hydrogen-bond donors (Lipinski definition) is 1. The number of anilines is 1. The molecule has 0 saturated carbocycles. The molecule has 1 aromatic heterocycles. The third-order valence-electron chi connectivity index (χ3n) is 7.23. The number of hydrogen-bond acceptors (Lipinski definition) is 7. The van der Waals surface area contributed by atoms with Crippen LogP contribution in [-0.4, -0.2) is 56.8 Å². The van der Waals surface area contributed by atoms with Crippen LogP contribution in [0.25, 0.3) is 11.3 Å². The van der Waals surface area contributed by atoms with E-state index >= 15 is 0 Å². The van der Waals surface area contributed by atoms with Crippen molar-refractivity contribution in [1.82, 2.24) is 14.9 Å². The van der Waals surface area contributed by atoms with Gasteiger partial charge in [-0.05, 0) is 74.8 Å². The molecule has 1 aliphatic heterocycles. The molecule has 1 amide bonds. The fraction of sp³-hybridized carbons (Fsp3) is 0.455. The largest absolute Gasteiger partial charge is 0.475 e. The number of unbranched alkanes of at least 4 members (excludes halogenated alkanes) is 1.